The van der Waals surface area contributed by atoms with E-state index in [4.69, 9.17) is 9.57 Å². The Balaban J connectivity index is 1.65. The molecule has 0 atom stereocenters. The molecule has 0 aromatic heterocycles. The van der Waals surface area contributed by atoms with E-state index in [0.717, 1.165) is 15.9 Å². The number of ether oxygens (including phenoxy) is 1. The minimum absolute atomic E-state index is 0.0706. The lowest BCUT2D eigenvalue weighted by Gasteiger charge is -2.36. The minimum Gasteiger partial charge on any atom is -0.497 e. The highest BCUT2D eigenvalue weighted by Crippen LogP contribution is 2.23. The molecule has 1 aliphatic heterocycles. The second-order valence-electron chi connectivity index (χ2n) is 6.60. The van der Waals surface area contributed by atoms with Gasteiger partial charge in [0.25, 0.3) is 15.9 Å². The van der Waals surface area contributed by atoms with E-state index in [1.165, 1.54) is 38.4 Å². The van der Waals surface area contributed by atoms with Crippen molar-refractivity contribution >= 4 is 21.6 Å². The molecular weight excluding hydrogens is 394 g/mol. The van der Waals surface area contributed by atoms with Gasteiger partial charge < -0.3 is 14.5 Å². The Morgan fingerprint density at radius 1 is 1.00 bits per heavy atom. The van der Waals surface area contributed by atoms with Crippen molar-refractivity contribution in [3.63, 3.8) is 0 Å². The van der Waals surface area contributed by atoms with Crippen LogP contribution in [0, 0.1) is 0 Å². The van der Waals surface area contributed by atoms with Crippen LogP contribution < -0.4 is 9.64 Å². The van der Waals surface area contributed by atoms with E-state index in [-0.39, 0.29) is 10.8 Å². The summed E-state index contributed by atoms with van der Waals surface area (Å²) in [4.78, 5) is 21.6. The standard InChI is InChI=1S/C20H25N3O5S/c1-21(28-3)29(25,26)19-9-7-16(8-10-19)20(24)23-13-11-22(12-14-23)17-5-4-6-18(15-17)27-2/h4-10,15H,11-14H2,1-3H3. The van der Waals surface area contributed by atoms with E-state index in [9.17, 15) is 13.2 Å². The lowest BCUT2D eigenvalue weighted by Crippen LogP contribution is -2.48. The average Bonchev–Trinajstić information content (AvgIpc) is 2.78. The number of methoxy groups -OCH3 is 1. The lowest BCUT2D eigenvalue weighted by molar-refractivity contribution is -0.0258. The fraction of sp³-hybridized carbons (Fsp3) is 0.350. The molecule has 3 rings (SSSR count). The van der Waals surface area contributed by atoms with Gasteiger partial charge in [-0.25, -0.2) is 8.42 Å². The van der Waals surface area contributed by atoms with Crippen LogP contribution in [0.2, 0.25) is 0 Å². The SMILES string of the molecule is COc1cccc(N2CCN(C(=O)c3ccc(S(=O)(=O)N(C)OC)cc3)CC2)c1. The lowest BCUT2D eigenvalue weighted by atomic mass is 10.1. The number of carbonyl (C=O) groups is 1. The summed E-state index contributed by atoms with van der Waals surface area (Å²) >= 11 is 0. The highest BCUT2D eigenvalue weighted by molar-refractivity contribution is 7.89. The molecular formula is C20H25N3O5S. The molecule has 0 N–H and O–H groups in total. The van der Waals surface area contributed by atoms with Crippen LogP contribution in [0.15, 0.2) is 53.4 Å². The molecule has 1 saturated heterocycles. The summed E-state index contributed by atoms with van der Waals surface area (Å²) in [5, 5.41) is 0. The number of nitrogens with zero attached hydrogens (tertiary/aromatic N) is 3. The van der Waals surface area contributed by atoms with Crippen molar-refractivity contribution in [1.29, 1.82) is 0 Å². The summed E-state index contributed by atoms with van der Waals surface area (Å²) in [5.41, 5.74) is 1.52. The summed E-state index contributed by atoms with van der Waals surface area (Å²) in [6.45, 7) is 2.60. The van der Waals surface area contributed by atoms with Crippen LogP contribution in [-0.4, -0.2) is 71.1 Å². The predicted octanol–water partition coefficient (Wildman–Crippen LogP) is 1.84. The molecule has 2 aromatic rings. The fourth-order valence-electron chi connectivity index (χ4n) is 3.17. The number of benzene rings is 2. The average molecular weight is 420 g/mol. The molecule has 0 spiro atoms. The van der Waals surface area contributed by atoms with Gasteiger partial charge in [0.2, 0.25) is 0 Å². The maximum atomic E-state index is 12.8. The Kier molecular flexibility index (Phi) is 6.41. The van der Waals surface area contributed by atoms with Crippen molar-refractivity contribution in [2.75, 3.05) is 52.3 Å². The number of hydroxylamine groups is 1. The second-order valence-corrected chi connectivity index (χ2v) is 8.54. The summed E-state index contributed by atoms with van der Waals surface area (Å²) < 4.78 is 30.6. The number of carbonyl (C=O) groups excluding carboxylic acids is 1. The first-order valence-electron chi connectivity index (χ1n) is 9.18. The van der Waals surface area contributed by atoms with Crippen molar-refractivity contribution in [3.8, 4) is 5.75 Å². The van der Waals surface area contributed by atoms with E-state index in [0.29, 0.717) is 31.7 Å². The van der Waals surface area contributed by atoms with Gasteiger partial charge in [-0.05, 0) is 36.4 Å². The number of rotatable bonds is 6. The Hall–Kier alpha value is -2.62. The Morgan fingerprint density at radius 3 is 2.24 bits per heavy atom. The fourth-order valence-corrected chi connectivity index (χ4v) is 4.15. The maximum Gasteiger partial charge on any atom is 0.264 e. The third-order valence-electron chi connectivity index (χ3n) is 4.98. The molecule has 0 saturated carbocycles. The van der Waals surface area contributed by atoms with Crippen LogP contribution in [0.4, 0.5) is 5.69 Å². The van der Waals surface area contributed by atoms with Crippen LogP contribution in [0.3, 0.4) is 0 Å². The van der Waals surface area contributed by atoms with Crippen molar-refractivity contribution < 1.29 is 22.8 Å². The maximum absolute atomic E-state index is 12.8. The van der Waals surface area contributed by atoms with Crippen molar-refractivity contribution in [2.24, 2.45) is 0 Å². The molecule has 156 valence electrons. The zero-order chi connectivity index (χ0) is 21.0. The van der Waals surface area contributed by atoms with E-state index < -0.39 is 10.0 Å². The van der Waals surface area contributed by atoms with E-state index in [2.05, 4.69) is 4.90 Å². The second kappa shape index (κ2) is 8.81. The van der Waals surface area contributed by atoms with Crippen LogP contribution in [0.5, 0.6) is 5.75 Å². The highest BCUT2D eigenvalue weighted by Gasteiger charge is 2.24. The molecule has 9 heteroatoms. The molecule has 0 radical (unpaired) electrons. The zero-order valence-electron chi connectivity index (χ0n) is 16.7. The number of sulfonamides is 1. The van der Waals surface area contributed by atoms with Crippen LogP contribution in [-0.2, 0) is 14.9 Å². The van der Waals surface area contributed by atoms with Crippen LogP contribution >= 0.6 is 0 Å². The monoisotopic (exact) mass is 419 g/mol. The van der Waals surface area contributed by atoms with Gasteiger partial charge in [-0.15, -0.1) is 0 Å². The predicted molar refractivity (Wildman–Crippen MR) is 110 cm³/mol. The third kappa shape index (κ3) is 4.52. The van der Waals surface area contributed by atoms with Gasteiger partial charge in [0, 0.05) is 50.5 Å². The first-order valence-corrected chi connectivity index (χ1v) is 10.6. The smallest absolute Gasteiger partial charge is 0.264 e. The molecule has 1 fully saturated rings. The number of anilines is 1. The number of hydrogen-bond acceptors (Lipinski definition) is 6. The van der Waals surface area contributed by atoms with Gasteiger partial charge >= 0.3 is 0 Å². The number of amides is 1. The van der Waals surface area contributed by atoms with Gasteiger partial charge in [-0.3, -0.25) is 9.63 Å². The van der Waals surface area contributed by atoms with E-state index >= 15 is 0 Å². The van der Waals surface area contributed by atoms with Gasteiger partial charge in [0.05, 0.1) is 19.1 Å². The molecule has 29 heavy (non-hydrogen) atoms. The molecule has 8 nitrogen and oxygen atoms in total. The number of piperazine rings is 1. The molecule has 1 amide bonds. The summed E-state index contributed by atoms with van der Waals surface area (Å²) in [7, 11) is 0.502. The van der Waals surface area contributed by atoms with Crippen LogP contribution in [0.1, 0.15) is 10.4 Å². The molecule has 0 unspecified atom stereocenters. The summed E-state index contributed by atoms with van der Waals surface area (Å²) in [5.74, 6) is 0.689. The molecule has 0 bridgehead atoms. The Labute approximate surface area is 171 Å². The van der Waals surface area contributed by atoms with Crippen LogP contribution in [0.25, 0.3) is 0 Å². The van der Waals surface area contributed by atoms with Gasteiger partial charge in [0.1, 0.15) is 5.75 Å². The normalized spacial score (nSPS) is 14.9. The van der Waals surface area contributed by atoms with Gasteiger partial charge in [0.15, 0.2) is 0 Å². The Morgan fingerprint density at radius 2 is 1.66 bits per heavy atom. The Bertz CT molecular complexity index is 954. The quantitative estimate of drug-likeness (QED) is 0.665. The number of hydrogen-bond donors (Lipinski definition) is 0. The molecule has 1 aliphatic rings. The third-order valence-corrected chi connectivity index (χ3v) is 6.67. The molecule has 1 heterocycles. The summed E-state index contributed by atoms with van der Waals surface area (Å²) in [6.07, 6.45) is 0. The van der Waals surface area contributed by atoms with Gasteiger partial charge in [-0.1, -0.05) is 10.5 Å². The zero-order valence-corrected chi connectivity index (χ0v) is 17.6. The summed E-state index contributed by atoms with van der Waals surface area (Å²) in [6, 6.07) is 13.8. The molecule has 0 aliphatic carbocycles. The van der Waals surface area contributed by atoms with Crippen molar-refractivity contribution in [3.05, 3.63) is 54.1 Å². The first kappa shape index (κ1) is 21.1. The minimum atomic E-state index is -3.73. The molecule has 2 aromatic carbocycles. The highest BCUT2D eigenvalue weighted by atomic mass is 32.2. The van der Waals surface area contributed by atoms with Crippen molar-refractivity contribution in [1.82, 2.24) is 9.37 Å². The first-order chi connectivity index (χ1) is 13.9. The van der Waals surface area contributed by atoms with E-state index in [1.54, 1.807) is 12.0 Å². The topological polar surface area (TPSA) is 79.4 Å². The van der Waals surface area contributed by atoms with E-state index in [1.807, 2.05) is 24.3 Å². The largest absolute Gasteiger partial charge is 0.497 e. The van der Waals surface area contributed by atoms with Crippen molar-refractivity contribution in [2.45, 2.75) is 4.90 Å². The van der Waals surface area contributed by atoms with Gasteiger partial charge in [-0.2, -0.15) is 0 Å².